The molecule has 1 aromatic heterocycles. The zero-order chi connectivity index (χ0) is 22.5. The minimum atomic E-state index is -0.0992. The second-order valence-electron chi connectivity index (χ2n) is 8.10. The molecule has 0 saturated carbocycles. The molecule has 0 bridgehead atoms. The Morgan fingerprint density at radius 3 is 2.62 bits per heavy atom. The number of nitrogens with one attached hydrogen (secondary N) is 1. The van der Waals surface area contributed by atoms with Crippen molar-refractivity contribution in [2.45, 2.75) is 39.2 Å². The Bertz CT molecular complexity index is 1060. The van der Waals surface area contributed by atoms with Crippen molar-refractivity contribution in [3.63, 3.8) is 0 Å². The largest absolute Gasteiger partial charge is 0.497 e. The van der Waals surface area contributed by atoms with Crippen LogP contribution in [0.4, 0.5) is 0 Å². The summed E-state index contributed by atoms with van der Waals surface area (Å²) in [5.41, 5.74) is 4.95. The number of rotatable bonds is 9. The van der Waals surface area contributed by atoms with Crippen molar-refractivity contribution in [2.75, 3.05) is 26.7 Å². The molecule has 1 atom stereocenters. The van der Waals surface area contributed by atoms with E-state index in [9.17, 15) is 4.79 Å². The maximum Gasteiger partial charge on any atom is 0.272 e. The van der Waals surface area contributed by atoms with E-state index in [0.717, 1.165) is 60.6 Å². The first-order valence-electron chi connectivity index (χ1n) is 11.5. The lowest BCUT2D eigenvalue weighted by atomic mass is 10.0. The number of hydrogen-bond donors (Lipinski definition) is 1. The molecule has 1 aliphatic rings. The molecule has 168 valence electrons. The summed E-state index contributed by atoms with van der Waals surface area (Å²) < 4.78 is 7.37. The van der Waals surface area contributed by atoms with Gasteiger partial charge in [0.2, 0.25) is 0 Å². The number of benzene rings is 2. The van der Waals surface area contributed by atoms with Crippen LogP contribution >= 0.6 is 0 Å². The number of amides is 1. The number of fused-ring (bicyclic) bond motifs is 1. The van der Waals surface area contributed by atoms with E-state index in [1.54, 1.807) is 7.11 Å². The van der Waals surface area contributed by atoms with Crippen LogP contribution in [0.15, 0.2) is 54.6 Å². The highest BCUT2D eigenvalue weighted by Crippen LogP contribution is 2.28. The maximum atomic E-state index is 13.3. The zero-order valence-electron chi connectivity index (χ0n) is 19.2. The fourth-order valence-corrected chi connectivity index (χ4v) is 4.65. The van der Waals surface area contributed by atoms with Gasteiger partial charge in [-0.3, -0.25) is 9.69 Å². The van der Waals surface area contributed by atoms with Gasteiger partial charge in [-0.25, -0.2) is 4.68 Å². The highest BCUT2D eigenvalue weighted by molar-refractivity contribution is 5.94. The Kier molecular flexibility index (Phi) is 6.90. The standard InChI is InChI=1S/C26H32N4O2/c1-4-29(5-2)24(19-11-9-14-21(17-19)32-3)18-27-26(31)25-22-15-10-16-23(22)30(28-25)20-12-7-6-8-13-20/h6-9,11-14,17,24H,4-5,10,15-16,18H2,1-3H3,(H,27,31). The van der Waals surface area contributed by atoms with Crippen LogP contribution in [-0.2, 0) is 12.8 Å². The zero-order valence-corrected chi connectivity index (χ0v) is 19.2. The van der Waals surface area contributed by atoms with Gasteiger partial charge in [0.25, 0.3) is 5.91 Å². The smallest absolute Gasteiger partial charge is 0.272 e. The molecule has 1 unspecified atom stereocenters. The molecule has 1 heterocycles. The number of likely N-dealkylation sites (N-methyl/N-ethyl adjacent to an activating group) is 1. The summed E-state index contributed by atoms with van der Waals surface area (Å²) in [4.78, 5) is 15.6. The molecule has 32 heavy (non-hydrogen) atoms. The van der Waals surface area contributed by atoms with Crippen LogP contribution in [0, 0.1) is 0 Å². The lowest BCUT2D eigenvalue weighted by Gasteiger charge is -2.30. The van der Waals surface area contributed by atoms with Crippen LogP contribution in [0.5, 0.6) is 5.75 Å². The molecule has 0 spiro atoms. The van der Waals surface area contributed by atoms with E-state index < -0.39 is 0 Å². The van der Waals surface area contributed by atoms with E-state index in [4.69, 9.17) is 9.84 Å². The predicted octanol–water partition coefficient (Wildman–Crippen LogP) is 4.18. The van der Waals surface area contributed by atoms with E-state index in [0.29, 0.717) is 12.2 Å². The summed E-state index contributed by atoms with van der Waals surface area (Å²) in [6, 6.07) is 18.2. The van der Waals surface area contributed by atoms with Crippen LogP contribution in [0.1, 0.15) is 53.6 Å². The first-order valence-corrected chi connectivity index (χ1v) is 11.5. The molecule has 4 rings (SSSR count). The molecule has 1 aliphatic carbocycles. The molecule has 1 N–H and O–H groups in total. The molecule has 0 aliphatic heterocycles. The van der Waals surface area contributed by atoms with Gasteiger partial charge in [0.15, 0.2) is 5.69 Å². The third kappa shape index (κ3) is 4.41. The summed E-state index contributed by atoms with van der Waals surface area (Å²) >= 11 is 0. The number of methoxy groups -OCH3 is 1. The van der Waals surface area contributed by atoms with Gasteiger partial charge in [0.1, 0.15) is 5.75 Å². The second kappa shape index (κ2) is 10.0. The van der Waals surface area contributed by atoms with Crippen molar-refractivity contribution in [1.29, 1.82) is 0 Å². The van der Waals surface area contributed by atoms with Crippen molar-refractivity contribution in [1.82, 2.24) is 20.0 Å². The normalized spacial score (nSPS) is 13.8. The fourth-order valence-electron chi connectivity index (χ4n) is 4.65. The van der Waals surface area contributed by atoms with Gasteiger partial charge in [0.05, 0.1) is 18.8 Å². The van der Waals surface area contributed by atoms with Gasteiger partial charge >= 0.3 is 0 Å². The number of ether oxygens (including phenoxy) is 1. The molecule has 2 aromatic carbocycles. The molecule has 3 aromatic rings. The first kappa shape index (κ1) is 22.1. The molecule has 0 radical (unpaired) electrons. The predicted molar refractivity (Wildman–Crippen MR) is 127 cm³/mol. The van der Waals surface area contributed by atoms with Crippen molar-refractivity contribution >= 4 is 5.91 Å². The highest BCUT2D eigenvalue weighted by Gasteiger charge is 2.28. The summed E-state index contributed by atoms with van der Waals surface area (Å²) in [7, 11) is 1.68. The number of carbonyl (C=O) groups is 1. The van der Waals surface area contributed by atoms with Gasteiger partial charge in [-0.05, 0) is 62.2 Å². The van der Waals surface area contributed by atoms with Gasteiger partial charge in [-0.1, -0.05) is 44.2 Å². The second-order valence-corrected chi connectivity index (χ2v) is 8.10. The molecular weight excluding hydrogens is 400 g/mol. The van der Waals surface area contributed by atoms with E-state index >= 15 is 0 Å². The van der Waals surface area contributed by atoms with Crippen LogP contribution in [0.25, 0.3) is 5.69 Å². The van der Waals surface area contributed by atoms with Gasteiger partial charge in [0, 0.05) is 17.8 Å². The Balaban J connectivity index is 1.57. The third-order valence-electron chi connectivity index (χ3n) is 6.33. The minimum absolute atomic E-state index is 0.0632. The number of para-hydroxylation sites is 1. The fraction of sp³-hybridized carbons (Fsp3) is 0.385. The van der Waals surface area contributed by atoms with Gasteiger partial charge in [-0.2, -0.15) is 5.10 Å². The van der Waals surface area contributed by atoms with E-state index in [1.165, 1.54) is 0 Å². The summed E-state index contributed by atoms with van der Waals surface area (Å²) in [5.74, 6) is 0.725. The summed E-state index contributed by atoms with van der Waals surface area (Å²) in [6.07, 6.45) is 2.92. The number of nitrogens with zero attached hydrogens (tertiary/aromatic N) is 3. The number of hydrogen-bond acceptors (Lipinski definition) is 4. The van der Waals surface area contributed by atoms with E-state index in [2.05, 4.69) is 36.2 Å². The van der Waals surface area contributed by atoms with Crippen LogP contribution in [-0.4, -0.2) is 47.3 Å². The van der Waals surface area contributed by atoms with E-state index in [-0.39, 0.29) is 11.9 Å². The van der Waals surface area contributed by atoms with Gasteiger partial charge in [-0.15, -0.1) is 0 Å². The topological polar surface area (TPSA) is 59.4 Å². The Morgan fingerprint density at radius 2 is 1.91 bits per heavy atom. The SMILES string of the molecule is CCN(CC)C(CNC(=O)c1nn(-c2ccccc2)c2c1CCC2)c1cccc(OC)c1. The van der Waals surface area contributed by atoms with Crippen LogP contribution < -0.4 is 10.1 Å². The van der Waals surface area contributed by atoms with Crippen molar-refractivity contribution in [3.8, 4) is 11.4 Å². The summed E-state index contributed by atoms with van der Waals surface area (Å²) in [6.45, 7) is 6.60. The lowest BCUT2D eigenvalue weighted by Crippen LogP contribution is -2.38. The van der Waals surface area contributed by atoms with Crippen molar-refractivity contribution in [2.24, 2.45) is 0 Å². The average Bonchev–Trinajstić information content (AvgIpc) is 3.45. The molecule has 6 heteroatoms. The number of aromatic nitrogens is 2. The average molecular weight is 433 g/mol. The molecule has 0 fully saturated rings. The van der Waals surface area contributed by atoms with E-state index in [1.807, 2.05) is 47.1 Å². The lowest BCUT2D eigenvalue weighted by molar-refractivity contribution is 0.0928. The van der Waals surface area contributed by atoms with Crippen molar-refractivity contribution < 1.29 is 9.53 Å². The maximum absolute atomic E-state index is 13.3. The summed E-state index contributed by atoms with van der Waals surface area (Å²) in [5, 5.41) is 7.92. The molecule has 6 nitrogen and oxygen atoms in total. The number of carbonyl (C=O) groups excluding carboxylic acids is 1. The molecular formula is C26H32N4O2. The van der Waals surface area contributed by atoms with Crippen LogP contribution in [0.3, 0.4) is 0 Å². The Morgan fingerprint density at radius 1 is 1.12 bits per heavy atom. The van der Waals surface area contributed by atoms with Gasteiger partial charge < -0.3 is 10.1 Å². The minimum Gasteiger partial charge on any atom is -0.497 e. The monoisotopic (exact) mass is 432 g/mol. The van der Waals surface area contributed by atoms with Crippen LogP contribution in [0.2, 0.25) is 0 Å². The van der Waals surface area contributed by atoms with Crippen molar-refractivity contribution in [3.05, 3.63) is 77.1 Å². The first-order chi connectivity index (χ1) is 15.7. The Hall–Kier alpha value is -3.12. The Labute approximate surface area is 190 Å². The molecule has 0 saturated heterocycles. The quantitative estimate of drug-likeness (QED) is 0.551. The highest BCUT2D eigenvalue weighted by atomic mass is 16.5. The third-order valence-corrected chi connectivity index (χ3v) is 6.33. The molecule has 1 amide bonds.